The van der Waals surface area contributed by atoms with Gasteiger partial charge in [-0.1, -0.05) is 18.6 Å². The van der Waals surface area contributed by atoms with Gasteiger partial charge in [-0.2, -0.15) is 0 Å². The highest BCUT2D eigenvalue weighted by atomic mass is 16.1. The lowest BCUT2D eigenvalue weighted by Gasteiger charge is -2.49. The first-order chi connectivity index (χ1) is 6.73. The number of nitrogens with one attached hydrogen (secondary N) is 1. The normalized spacial score (nSPS) is 44.6. The molecule has 0 radical (unpaired) electrons. The zero-order valence-corrected chi connectivity index (χ0v) is 8.68. The van der Waals surface area contributed by atoms with E-state index < -0.39 is 0 Å². The molecule has 1 spiro atoms. The third kappa shape index (κ3) is 0.943. The molecule has 1 N–H and O–H groups in total. The van der Waals surface area contributed by atoms with E-state index >= 15 is 0 Å². The highest BCUT2D eigenvalue weighted by Gasteiger charge is 2.57. The molecule has 2 heteroatoms. The van der Waals surface area contributed by atoms with E-state index in [0.29, 0.717) is 5.41 Å². The van der Waals surface area contributed by atoms with Crippen LogP contribution >= 0.6 is 0 Å². The van der Waals surface area contributed by atoms with E-state index in [4.69, 9.17) is 0 Å². The smallest absolute Gasteiger partial charge is 0.220 e. The monoisotopic (exact) mass is 191 g/mol. The van der Waals surface area contributed by atoms with Crippen LogP contribution in [0.3, 0.4) is 0 Å². The molecular weight excluding hydrogens is 174 g/mol. The fourth-order valence-corrected chi connectivity index (χ4v) is 3.66. The Hall–Kier alpha value is -0.790. The van der Waals surface area contributed by atoms with Gasteiger partial charge in [-0.15, -0.1) is 0 Å². The highest BCUT2D eigenvalue weighted by Crippen LogP contribution is 2.60. The second-order valence-corrected chi connectivity index (χ2v) is 5.19. The van der Waals surface area contributed by atoms with Gasteiger partial charge in [0.2, 0.25) is 5.91 Å². The van der Waals surface area contributed by atoms with Crippen molar-refractivity contribution in [3.05, 3.63) is 11.6 Å². The van der Waals surface area contributed by atoms with Gasteiger partial charge in [-0.25, -0.2) is 0 Å². The van der Waals surface area contributed by atoms with Gasteiger partial charge in [-0.05, 0) is 31.1 Å². The Morgan fingerprint density at radius 3 is 3.14 bits per heavy atom. The van der Waals surface area contributed by atoms with Crippen molar-refractivity contribution in [3.8, 4) is 0 Å². The van der Waals surface area contributed by atoms with Gasteiger partial charge in [0.05, 0.1) is 0 Å². The Bertz CT molecular complexity index is 320. The molecule has 1 amide bonds. The molecule has 1 saturated heterocycles. The summed E-state index contributed by atoms with van der Waals surface area (Å²) in [5.41, 5.74) is 1.95. The zero-order chi connectivity index (χ0) is 9.76. The molecular formula is C12H17NO. The number of fused-ring (bicyclic) bond motifs is 2. The van der Waals surface area contributed by atoms with Gasteiger partial charge in [0.15, 0.2) is 0 Å². The van der Waals surface area contributed by atoms with Crippen LogP contribution in [0.15, 0.2) is 11.6 Å². The summed E-state index contributed by atoms with van der Waals surface area (Å²) < 4.78 is 0. The molecule has 0 aromatic carbocycles. The molecule has 14 heavy (non-hydrogen) atoms. The summed E-state index contributed by atoms with van der Waals surface area (Å²) in [6.07, 6.45) is 7.02. The van der Waals surface area contributed by atoms with E-state index in [1.54, 1.807) is 5.57 Å². The molecule has 1 aliphatic heterocycles. The fraction of sp³-hybridized carbons (Fsp3) is 0.750. The van der Waals surface area contributed by atoms with Gasteiger partial charge in [-0.3, -0.25) is 4.79 Å². The van der Waals surface area contributed by atoms with E-state index in [-0.39, 0.29) is 5.91 Å². The maximum atomic E-state index is 11.3. The fourth-order valence-electron chi connectivity index (χ4n) is 3.66. The van der Waals surface area contributed by atoms with Crippen LogP contribution in [0, 0.1) is 17.3 Å². The molecule has 2 fully saturated rings. The number of carbonyl (C=O) groups excluding carboxylic acids is 1. The van der Waals surface area contributed by atoms with E-state index in [1.807, 2.05) is 0 Å². The van der Waals surface area contributed by atoms with Crippen LogP contribution in [0.25, 0.3) is 0 Å². The summed E-state index contributed by atoms with van der Waals surface area (Å²) in [5.74, 6) is 1.86. The summed E-state index contributed by atoms with van der Waals surface area (Å²) in [7, 11) is 0. The van der Waals surface area contributed by atoms with Crippen LogP contribution in [-0.2, 0) is 4.79 Å². The zero-order valence-electron chi connectivity index (χ0n) is 8.68. The Labute approximate surface area is 84.8 Å². The molecule has 0 aromatic heterocycles. The first-order valence-corrected chi connectivity index (χ1v) is 5.70. The van der Waals surface area contributed by atoms with Crippen molar-refractivity contribution in [3.63, 3.8) is 0 Å². The average molecular weight is 191 g/mol. The van der Waals surface area contributed by atoms with Crippen LogP contribution in [0.2, 0.25) is 0 Å². The number of amides is 1. The first kappa shape index (κ1) is 8.51. The van der Waals surface area contributed by atoms with Crippen LogP contribution in [0.4, 0.5) is 0 Å². The summed E-state index contributed by atoms with van der Waals surface area (Å²) in [6.45, 7) is 3.17. The molecule has 3 aliphatic rings. The minimum atomic E-state index is 0.266. The van der Waals surface area contributed by atoms with Crippen molar-refractivity contribution in [1.82, 2.24) is 5.32 Å². The molecule has 0 unspecified atom stereocenters. The summed E-state index contributed by atoms with van der Waals surface area (Å²) >= 11 is 0. The predicted molar refractivity (Wildman–Crippen MR) is 54.6 cm³/mol. The Morgan fingerprint density at radius 2 is 2.50 bits per heavy atom. The van der Waals surface area contributed by atoms with Gasteiger partial charge in [0, 0.05) is 18.4 Å². The molecule has 3 rings (SSSR count). The van der Waals surface area contributed by atoms with Gasteiger partial charge < -0.3 is 5.32 Å². The van der Waals surface area contributed by atoms with Crippen LogP contribution in [0.1, 0.15) is 32.6 Å². The number of hydrogen-bond donors (Lipinski definition) is 1. The number of rotatable bonds is 1. The minimum Gasteiger partial charge on any atom is -0.355 e. The number of carbonyl (C=O) groups is 1. The largest absolute Gasteiger partial charge is 0.355 e. The molecule has 2 nitrogen and oxygen atoms in total. The van der Waals surface area contributed by atoms with Crippen LogP contribution in [0.5, 0.6) is 0 Å². The standard InChI is InChI=1S/C12H17NO/c1-2-8-3-9-5-12(10(9)4-8)6-11(14)13-7-12/h4,9-10H,2-3,5-7H2,1H3,(H,13,14)/t9-,10-,12+/m1/s1. The first-order valence-electron chi connectivity index (χ1n) is 5.70. The van der Waals surface area contributed by atoms with Crippen molar-refractivity contribution in [1.29, 1.82) is 0 Å². The minimum absolute atomic E-state index is 0.266. The molecule has 2 aliphatic carbocycles. The second kappa shape index (κ2) is 2.62. The van der Waals surface area contributed by atoms with Crippen molar-refractivity contribution in [2.24, 2.45) is 17.3 Å². The molecule has 3 atom stereocenters. The Balaban J connectivity index is 1.81. The van der Waals surface area contributed by atoms with Crippen molar-refractivity contribution in [2.45, 2.75) is 32.6 Å². The lowest BCUT2D eigenvalue weighted by Crippen LogP contribution is -2.46. The topological polar surface area (TPSA) is 29.1 Å². The SMILES string of the molecule is CCC1=C[C@@H]2[C@H](C1)C[C@]21CNC(=O)C1. The van der Waals surface area contributed by atoms with Gasteiger partial charge >= 0.3 is 0 Å². The average Bonchev–Trinajstić information content (AvgIpc) is 2.68. The van der Waals surface area contributed by atoms with E-state index in [2.05, 4.69) is 18.3 Å². The van der Waals surface area contributed by atoms with E-state index in [1.165, 1.54) is 19.3 Å². The predicted octanol–water partition coefficient (Wildman–Crippen LogP) is 1.87. The van der Waals surface area contributed by atoms with Crippen molar-refractivity contribution < 1.29 is 4.79 Å². The number of hydrogen-bond acceptors (Lipinski definition) is 1. The van der Waals surface area contributed by atoms with E-state index in [0.717, 1.165) is 24.8 Å². The molecule has 1 heterocycles. The van der Waals surface area contributed by atoms with Crippen molar-refractivity contribution >= 4 is 5.91 Å². The maximum Gasteiger partial charge on any atom is 0.220 e. The van der Waals surface area contributed by atoms with Gasteiger partial charge in [0.1, 0.15) is 0 Å². The Kier molecular flexibility index (Phi) is 1.59. The number of allylic oxidation sites excluding steroid dienone is 2. The van der Waals surface area contributed by atoms with E-state index in [9.17, 15) is 4.79 Å². The maximum absolute atomic E-state index is 11.3. The molecule has 0 aromatic rings. The summed E-state index contributed by atoms with van der Waals surface area (Å²) in [6, 6.07) is 0. The lowest BCUT2D eigenvalue weighted by atomic mass is 9.54. The third-order valence-electron chi connectivity index (χ3n) is 4.43. The summed E-state index contributed by atoms with van der Waals surface area (Å²) in [4.78, 5) is 11.3. The Morgan fingerprint density at radius 1 is 1.64 bits per heavy atom. The lowest BCUT2D eigenvalue weighted by molar-refractivity contribution is -0.120. The van der Waals surface area contributed by atoms with Crippen LogP contribution in [-0.4, -0.2) is 12.5 Å². The molecule has 1 saturated carbocycles. The summed E-state index contributed by atoms with van der Waals surface area (Å²) in [5, 5.41) is 2.99. The van der Waals surface area contributed by atoms with Crippen LogP contribution < -0.4 is 5.32 Å². The highest BCUT2D eigenvalue weighted by molar-refractivity contribution is 5.79. The quantitative estimate of drug-likeness (QED) is 0.630. The second-order valence-electron chi connectivity index (χ2n) is 5.19. The molecule has 0 bridgehead atoms. The van der Waals surface area contributed by atoms with Gasteiger partial charge in [0.25, 0.3) is 0 Å². The van der Waals surface area contributed by atoms with Crippen molar-refractivity contribution in [2.75, 3.05) is 6.54 Å². The third-order valence-corrected chi connectivity index (χ3v) is 4.43. The molecule has 76 valence electrons.